The Bertz CT molecular complexity index is 526. The maximum atomic E-state index is 11.0. The predicted octanol–water partition coefficient (Wildman–Crippen LogP) is 1.40. The molecule has 1 N–H and O–H groups in total. The second-order valence-corrected chi connectivity index (χ2v) is 4.02. The highest BCUT2D eigenvalue weighted by atomic mass is 32.1. The van der Waals surface area contributed by atoms with Crippen LogP contribution in [0.5, 0.6) is 5.75 Å². The Hall–Kier alpha value is -1.33. The van der Waals surface area contributed by atoms with E-state index in [9.17, 15) is 4.79 Å². The Labute approximate surface area is 89.7 Å². The Kier molecular flexibility index (Phi) is 2.75. The number of aliphatic hydroxyl groups is 1. The van der Waals surface area contributed by atoms with Gasteiger partial charge in [-0.1, -0.05) is 11.3 Å². The van der Waals surface area contributed by atoms with Crippen molar-refractivity contribution >= 4 is 21.6 Å². The van der Waals surface area contributed by atoms with Crippen LogP contribution < -0.4 is 9.68 Å². The topological polar surface area (TPSA) is 59.7 Å². The van der Waals surface area contributed by atoms with E-state index in [4.69, 9.17) is 14.3 Å². The molecule has 0 bridgehead atoms. The van der Waals surface area contributed by atoms with E-state index in [1.807, 2.05) is 0 Å². The van der Waals surface area contributed by atoms with E-state index in [1.165, 1.54) is 0 Å². The first-order valence-electron chi connectivity index (χ1n) is 4.46. The van der Waals surface area contributed by atoms with Gasteiger partial charge in [0, 0.05) is 18.2 Å². The third-order valence-electron chi connectivity index (χ3n) is 2.11. The molecule has 0 unspecified atom stereocenters. The molecule has 15 heavy (non-hydrogen) atoms. The van der Waals surface area contributed by atoms with Crippen LogP contribution in [0.3, 0.4) is 0 Å². The molecule has 1 heterocycles. The number of hydrogen-bond donors (Lipinski definition) is 1. The highest BCUT2D eigenvalue weighted by Crippen LogP contribution is 2.27. The molecule has 0 amide bonds. The fourth-order valence-electron chi connectivity index (χ4n) is 1.45. The molecule has 0 saturated heterocycles. The summed E-state index contributed by atoms with van der Waals surface area (Å²) in [4.78, 5) is 10.7. The maximum absolute atomic E-state index is 11.0. The van der Waals surface area contributed by atoms with Gasteiger partial charge in [-0.15, -0.1) is 0 Å². The molecule has 80 valence electrons. The fourth-order valence-corrected chi connectivity index (χ4v) is 2.13. The van der Waals surface area contributed by atoms with E-state index in [1.54, 1.807) is 19.2 Å². The minimum absolute atomic E-state index is 0.0379. The van der Waals surface area contributed by atoms with Crippen molar-refractivity contribution in [3.05, 3.63) is 27.4 Å². The fraction of sp³-hybridized carbons (Fsp3) is 0.300. The van der Waals surface area contributed by atoms with Gasteiger partial charge < -0.3 is 14.3 Å². The zero-order chi connectivity index (χ0) is 10.8. The number of methoxy groups -OCH3 is 1. The van der Waals surface area contributed by atoms with Crippen LogP contribution in [0.2, 0.25) is 0 Å². The number of fused-ring (bicyclic) bond motifs is 1. The molecular formula is C10H10O4S. The van der Waals surface area contributed by atoms with Crippen LogP contribution in [0.15, 0.2) is 21.3 Å². The minimum atomic E-state index is -0.326. The number of aliphatic hydroxyl groups excluding tert-OH is 1. The van der Waals surface area contributed by atoms with E-state index in [0.717, 1.165) is 21.6 Å². The Balaban J connectivity index is 2.62. The molecule has 2 aromatic rings. The Morgan fingerprint density at radius 3 is 3.00 bits per heavy atom. The molecule has 0 saturated carbocycles. The van der Waals surface area contributed by atoms with Crippen molar-refractivity contribution < 1.29 is 14.3 Å². The molecule has 0 aliphatic rings. The smallest absolute Gasteiger partial charge is 0.396 e. The van der Waals surface area contributed by atoms with Crippen LogP contribution >= 0.6 is 11.3 Å². The Morgan fingerprint density at radius 1 is 1.53 bits per heavy atom. The van der Waals surface area contributed by atoms with Crippen LogP contribution in [0.4, 0.5) is 0 Å². The zero-order valence-corrected chi connectivity index (χ0v) is 8.97. The van der Waals surface area contributed by atoms with E-state index < -0.39 is 0 Å². The summed E-state index contributed by atoms with van der Waals surface area (Å²) in [6.07, 6.45) is 0.485. The average Bonchev–Trinajstić information content (AvgIpc) is 2.56. The molecular weight excluding hydrogens is 216 g/mol. The number of hydrogen-bond acceptors (Lipinski definition) is 5. The minimum Gasteiger partial charge on any atom is -0.496 e. The third-order valence-corrected chi connectivity index (χ3v) is 2.90. The monoisotopic (exact) mass is 226 g/mol. The van der Waals surface area contributed by atoms with Gasteiger partial charge in [0.2, 0.25) is 0 Å². The molecule has 1 aromatic heterocycles. The second-order valence-electron chi connectivity index (χ2n) is 3.04. The van der Waals surface area contributed by atoms with E-state index in [0.29, 0.717) is 17.8 Å². The lowest BCUT2D eigenvalue weighted by atomic mass is 10.1. The van der Waals surface area contributed by atoms with Gasteiger partial charge in [-0.2, -0.15) is 0 Å². The molecule has 0 atom stereocenters. The van der Waals surface area contributed by atoms with Crippen LogP contribution in [0.25, 0.3) is 10.3 Å². The van der Waals surface area contributed by atoms with Crippen molar-refractivity contribution in [1.29, 1.82) is 0 Å². The zero-order valence-electron chi connectivity index (χ0n) is 8.15. The first-order chi connectivity index (χ1) is 7.24. The van der Waals surface area contributed by atoms with Crippen LogP contribution in [-0.4, -0.2) is 18.8 Å². The van der Waals surface area contributed by atoms with Crippen LogP contribution in [-0.2, 0) is 6.42 Å². The predicted molar refractivity (Wildman–Crippen MR) is 57.7 cm³/mol. The van der Waals surface area contributed by atoms with E-state index in [-0.39, 0.29) is 11.5 Å². The molecule has 5 heteroatoms. The summed E-state index contributed by atoms with van der Waals surface area (Å²) >= 11 is 1.04. The quantitative estimate of drug-likeness (QED) is 0.859. The summed E-state index contributed by atoms with van der Waals surface area (Å²) in [6.45, 7) is 0.0379. The first-order valence-corrected chi connectivity index (χ1v) is 5.27. The molecule has 2 rings (SSSR count). The van der Waals surface area contributed by atoms with Gasteiger partial charge in [-0.3, -0.25) is 0 Å². The molecule has 0 aliphatic heterocycles. The molecule has 0 radical (unpaired) electrons. The van der Waals surface area contributed by atoms with Gasteiger partial charge in [0.25, 0.3) is 0 Å². The van der Waals surface area contributed by atoms with Crippen molar-refractivity contribution in [3.8, 4) is 5.75 Å². The summed E-state index contributed by atoms with van der Waals surface area (Å²) in [6, 6.07) is 3.50. The largest absolute Gasteiger partial charge is 0.496 e. The molecule has 0 fully saturated rings. The first kappa shape index (κ1) is 10.2. The number of rotatable bonds is 3. The Morgan fingerprint density at radius 2 is 2.33 bits per heavy atom. The van der Waals surface area contributed by atoms with E-state index >= 15 is 0 Å². The SMILES string of the molecule is COc1cc2sc(=O)oc2cc1CCO. The van der Waals surface area contributed by atoms with Gasteiger partial charge in [-0.25, -0.2) is 4.79 Å². The lowest BCUT2D eigenvalue weighted by molar-refractivity contribution is 0.297. The van der Waals surface area contributed by atoms with E-state index in [2.05, 4.69) is 0 Å². The van der Waals surface area contributed by atoms with Gasteiger partial charge in [0.15, 0.2) is 0 Å². The standard InChI is InChI=1S/C10H10O4S/c1-13-7-5-9-8(14-10(12)15-9)4-6(7)2-3-11/h4-5,11H,2-3H2,1H3. The van der Waals surface area contributed by atoms with Crippen molar-refractivity contribution in [2.24, 2.45) is 0 Å². The van der Waals surface area contributed by atoms with Crippen molar-refractivity contribution in [2.45, 2.75) is 6.42 Å². The van der Waals surface area contributed by atoms with Gasteiger partial charge >= 0.3 is 4.94 Å². The lowest BCUT2D eigenvalue weighted by Gasteiger charge is -2.06. The normalized spacial score (nSPS) is 10.8. The van der Waals surface area contributed by atoms with Gasteiger partial charge in [0.05, 0.1) is 11.8 Å². The third kappa shape index (κ3) is 1.88. The summed E-state index contributed by atoms with van der Waals surface area (Å²) < 4.78 is 10.9. The maximum Gasteiger partial charge on any atom is 0.396 e. The molecule has 0 spiro atoms. The number of ether oxygens (including phenoxy) is 1. The van der Waals surface area contributed by atoms with Crippen molar-refractivity contribution in [1.82, 2.24) is 0 Å². The molecule has 1 aromatic carbocycles. The molecule has 0 aliphatic carbocycles. The molecule has 4 nitrogen and oxygen atoms in total. The lowest BCUT2D eigenvalue weighted by Crippen LogP contribution is -1.95. The highest BCUT2D eigenvalue weighted by Gasteiger charge is 2.09. The van der Waals surface area contributed by atoms with Crippen molar-refractivity contribution in [2.75, 3.05) is 13.7 Å². The summed E-state index contributed by atoms with van der Waals surface area (Å²) in [5, 5.41) is 8.87. The summed E-state index contributed by atoms with van der Waals surface area (Å²) in [5.74, 6) is 0.675. The summed E-state index contributed by atoms with van der Waals surface area (Å²) in [7, 11) is 1.56. The van der Waals surface area contributed by atoms with Crippen LogP contribution in [0.1, 0.15) is 5.56 Å². The van der Waals surface area contributed by atoms with Crippen LogP contribution in [0, 0.1) is 0 Å². The second kappa shape index (κ2) is 4.04. The van der Waals surface area contributed by atoms with Gasteiger partial charge in [-0.05, 0) is 12.5 Å². The highest BCUT2D eigenvalue weighted by molar-refractivity contribution is 7.16. The average molecular weight is 226 g/mol. The number of benzene rings is 1. The summed E-state index contributed by atoms with van der Waals surface area (Å²) in [5.41, 5.74) is 1.39. The van der Waals surface area contributed by atoms with Crippen molar-refractivity contribution in [3.63, 3.8) is 0 Å². The van der Waals surface area contributed by atoms with Gasteiger partial charge in [0.1, 0.15) is 11.3 Å².